The van der Waals surface area contributed by atoms with E-state index in [0.29, 0.717) is 5.92 Å². The molecule has 4 nitrogen and oxygen atoms in total. The lowest BCUT2D eigenvalue weighted by Crippen LogP contribution is -2.46. The van der Waals surface area contributed by atoms with Gasteiger partial charge in [-0.15, -0.1) is 0 Å². The fraction of sp³-hybridized carbons (Fsp3) is 0.611. The van der Waals surface area contributed by atoms with Crippen molar-refractivity contribution in [3.05, 3.63) is 29.8 Å². The summed E-state index contributed by atoms with van der Waals surface area (Å²) in [5, 5.41) is 2.93. The van der Waals surface area contributed by atoms with E-state index in [4.69, 9.17) is 4.74 Å². The number of nitrogens with one attached hydrogen (secondary N) is 1. The maximum Gasteiger partial charge on any atom is 0.320 e. The largest absolute Gasteiger partial charge is 0.471 e. The van der Waals surface area contributed by atoms with Crippen LogP contribution in [0, 0.1) is 0 Å². The van der Waals surface area contributed by atoms with Gasteiger partial charge in [-0.3, -0.25) is 0 Å². The van der Waals surface area contributed by atoms with E-state index >= 15 is 0 Å². The van der Waals surface area contributed by atoms with Crippen LogP contribution in [-0.4, -0.2) is 30.2 Å². The summed E-state index contributed by atoms with van der Waals surface area (Å²) in [6.07, 6.45) is 1.56. The second kappa shape index (κ2) is 9.34. The zero-order chi connectivity index (χ0) is 16.5. The molecule has 124 valence electrons. The summed E-state index contributed by atoms with van der Waals surface area (Å²) >= 11 is 0. The van der Waals surface area contributed by atoms with E-state index in [2.05, 4.69) is 39.1 Å². The van der Waals surface area contributed by atoms with E-state index in [1.807, 2.05) is 30.0 Å². The van der Waals surface area contributed by atoms with Crippen LogP contribution in [0.2, 0.25) is 0 Å². The smallest absolute Gasteiger partial charge is 0.320 e. The number of carbonyl (C=O) groups is 1. The molecule has 1 aromatic rings. The van der Waals surface area contributed by atoms with Crippen LogP contribution in [0.25, 0.3) is 0 Å². The van der Waals surface area contributed by atoms with Gasteiger partial charge in [0.1, 0.15) is 5.75 Å². The van der Waals surface area contributed by atoms with Crippen molar-refractivity contribution < 1.29 is 9.53 Å². The highest BCUT2D eigenvalue weighted by Crippen LogP contribution is 2.26. The number of hydrogen-bond acceptors (Lipinski definition) is 2. The van der Waals surface area contributed by atoms with Crippen LogP contribution in [-0.2, 0) is 0 Å². The lowest BCUT2D eigenvalue weighted by Gasteiger charge is -2.25. The molecule has 0 fully saturated rings. The summed E-state index contributed by atoms with van der Waals surface area (Å²) in [5.74, 6) is 1.22. The van der Waals surface area contributed by atoms with Crippen molar-refractivity contribution in [2.45, 2.75) is 59.6 Å². The fourth-order valence-corrected chi connectivity index (χ4v) is 2.40. The van der Waals surface area contributed by atoms with E-state index < -0.39 is 0 Å². The van der Waals surface area contributed by atoms with Gasteiger partial charge in [-0.25, -0.2) is 4.79 Å². The van der Waals surface area contributed by atoms with E-state index in [9.17, 15) is 4.79 Å². The van der Waals surface area contributed by atoms with E-state index in [0.717, 1.165) is 37.2 Å². The first kappa shape index (κ1) is 18.3. The molecule has 4 heteroatoms. The molecule has 1 unspecified atom stereocenters. The van der Waals surface area contributed by atoms with Crippen molar-refractivity contribution in [3.8, 4) is 5.75 Å². The first-order valence-corrected chi connectivity index (χ1v) is 8.30. The Hall–Kier alpha value is -1.71. The number of hydrogen-bond donors (Lipinski definition) is 1. The molecular weight excluding hydrogens is 276 g/mol. The van der Waals surface area contributed by atoms with Crippen LogP contribution in [0.15, 0.2) is 24.3 Å². The van der Waals surface area contributed by atoms with Crippen LogP contribution in [0.5, 0.6) is 5.75 Å². The Balaban J connectivity index is 2.65. The average Bonchev–Trinajstić information content (AvgIpc) is 2.47. The first-order valence-electron chi connectivity index (χ1n) is 8.30. The summed E-state index contributed by atoms with van der Waals surface area (Å²) in [4.78, 5) is 14.1. The molecule has 0 aliphatic rings. The van der Waals surface area contributed by atoms with Gasteiger partial charge in [0.05, 0.1) is 0 Å². The Labute approximate surface area is 134 Å². The van der Waals surface area contributed by atoms with Crippen LogP contribution < -0.4 is 10.1 Å². The SMILES string of the molecule is CCCN(CCC)C(=O)NC(C)Oc1ccccc1C(C)C. The molecule has 0 bridgehead atoms. The van der Waals surface area contributed by atoms with Crippen molar-refractivity contribution in [3.63, 3.8) is 0 Å². The number of carbonyl (C=O) groups excluding carboxylic acids is 1. The summed E-state index contributed by atoms with van der Waals surface area (Å²) in [7, 11) is 0. The van der Waals surface area contributed by atoms with Gasteiger partial charge in [-0.1, -0.05) is 45.9 Å². The number of benzene rings is 1. The van der Waals surface area contributed by atoms with Gasteiger partial charge in [0.15, 0.2) is 6.23 Å². The number of rotatable bonds is 8. The minimum absolute atomic E-state index is 0.0572. The van der Waals surface area contributed by atoms with Crippen LogP contribution in [0.4, 0.5) is 4.79 Å². The van der Waals surface area contributed by atoms with Gasteiger partial charge in [-0.2, -0.15) is 0 Å². The van der Waals surface area contributed by atoms with Crippen LogP contribution in [0.1, 0.15) is 58.9 Å². The number of amides is 2. The minimum atomic E-state index is -0.358. The third-order valence-electron chi connectivity index (χ3n) is 3.45. The molecule has 22 heavy (non-hydrogen) atoms. The maximum atomic E-state index is 12.3. The Morgan fingerprint density at radius 1 is 1.14 bits per heavy atom. The lowest BCUT2D eigenvalue weighted by atomic mass is 10.0. The Morgan fingerprint density at radius 3 is 2.27 bits per heavy atom. The zero-order valence-electron chi connectivity index (χ0n) is 14.6. The Bertz CT molecular complexity index is 454. The van der Waals surface area contributed by atoms with Gasteiger partial charge in [0.2, 0.25) is 0 Å². The normalized spacial score (nSPS) is 12.1. The lowest BCUT2D eigenvalue weighted by molar-refractivity contribution is 0.152. The second-order valence-electron chi connectivity index (χ2n) is 5.89. The number of para-hydroxylation sites is 1. The minimum Gasteiger partial charge on any atom is -0.471 e. The molecule has 0 aliphatic heterocycles. The summed E-state index contributed by atoms with van der Waals surface area (Å²) in [6.45, 7) is 11.8. The zero-order valence-corrected chi connectivity index (χ0v) is 14.6. The van der Waals surface area contributed by atoms with Gasteiger partial charge < -0.3 is 15.0 Å². The molecule has 1 N–H and O–H groups in total. The molecule has 0 saturated carbocycles. The number of ether oxygens (including phenoxy) is 1. The first-order chi connectivity index (χ1) is 10.5. The number of nitrogens with zero attached hydrogens (tertiary/aromatic N) is 1. The van der Waals surface area contributed by atoms with Crippen molar-refractivity contribution in [1.29, 1.82) is 0 Å². The molecule has 0 saturated heterocycles. The topological polar surface area (TPSA) is 41.6 Å². The molecule has 0 aromatic heterocycles. The number of urea groups is 1. The second-order valence-corrected chi connectivity index (χ2v) is 5.89. The van der Waals surface area contributed by atoms with Crippen LogP contribution in [0.3, 0.4) is 0 Å². The molecular formula is C18H30N2O2. The highest BCUT2D eigenvalue weighted by molar-refractivity contribution is 5.74. The van der Waals surface area contributed by atoms with Crippen molar-refractivity contribution in [1.82, 2.24) is 10.2 Å². The molecule has 0 spiro atoms. The monoisotopic (exact) mass is 306 g/mol. The van der Waals surface area contributed by atoms with E-state index in [1.54, 1.807) is 0 Å². The molecule has 0 heterocycles. The van der Waals surface area contributed by atoms with Gasteiger partial charge in [-0.05, 0) is 37.3 Å². The van der Waals surface area contributed by atoms with Gasteiger partial charge in [0, 0.05) is 13.1 Å². The molecule has 1 rings (SSSR count). The predicted molar refractivity (Wildman–Crippen MR) is 91.3 cm³/mol. The van der Waals surface area contributed by atoms with Gasteiger partial charge >= 0.3 is 6.03 Å². The van der Waals surface area contributed by atoms with Gasteiger partial charge in [0.25, 0.3) is 0 Å². The third kappa shape index (κ3) is 5.58. The molecule has 0 aliphatic carbocycles. The van der Waals surface area contributed by atoms with E-state index in [1.165, 1.54) is 0 Å². The summed E-state index contributed by atoms with van der Waals surface area (Å²) in [6, 6.07) is 7.92. The summed E-state index contributed by atoms with van der Waals surface area (Å²) in [5.41, 5.74) is 1.16. The standard InChI is InChI=1S/C18H30N2O2/c1-6-12-20(13-7-2)18(21)19-15(5)22-17-11-9-8-10-16(17)14(3)4/h8-11,14-15H,6-7,12-13H2,1-5H3,(H,19,21). The molecule has 1 aromatic carbocycles. The average molecular weight is 306 g/mol. The summed E-state index contributed by atoms with van der Waals surface area (Å²) < 4.78 is 5.93. The van der Waals surface area contributed by atoms with Crippen LogP contribution >= 0.6 is 0 Å². The van der Waals surface area contributed by atoms with Crippen molar-refractivity contribution in [2.24, 2.45) is 0 Å². The van der Waals surface area contributed by atoms with E-state index in [-0.39, 0.29) is 12.3 Å². The highest BCUT2D eigenvalue weighted by atomic mass is 16.5. The van der Waals surface area contributed by atoms with Crippen molar-refractivity contribution >= 4 is 6.03 Å². The Kier molecular flexibility index (Phi) is 7.78. The maximum absolute atomic E-state index is 12.3. The highest BCUT2D eigenvalue weighted by Gasteiger charge is 2.16. The predicted octanol–water partition coefficient (Wildman–Crippen LogP) is 4.37. The van der Waals surface area contributed by atoms with Crippen molar-refractivity contribution in [2.75, 3.05) is 13.1 Å². The fourth-order valence-electron chi connectivity index (χ4n) is 2.40. The Morgan fingerprint density at radius 2 is 1.73 bits per heavy atom. The third-order valence-corrected chi connectivity index (χ3v) is 3.45. The molecule has 0 radical (unpaired) electrons. The quantitative estimate of drug-likeness (QED) is 0.725. The molecule has 1 atom stereocenters. The molecule has 2 amide bonds.